The number of hydrogen-bond acceptors (Lipinski definition) is 7. The fraction of sp³-hybridized carbons (Fsp3) is 0.278. The van der Waals surface area contributed by atoms with E-state index < -0.39 is 4.92 Å². The lowest BCUT2D eigenvalue weighted by molar-refractivity contribution is -0.387. The van der Waals surface area contributed by atoms with Crippen LogP contribution in [-0.2, 0) is 19.9 Å². The average molecular weight is 401 g/mol. The van der Waals surface area contributed by atoms with Gasteiger partial charge in [-0.05, 0) is 55.6 Å². The van der Waals surface area contributed by atoms with Gasteiger partial charge in [-0.25, -0.2) is 4.98 Å². The lowest BCUT2D eigenvalue weighted by Gasteiger charge is -2.08. The molecule has 138 valence electrons. The lowest BCUT2D eigenvalue weighted by Crippen LogP contribution is -2.20. The number of aryl methyl sites for hydroxylation is 2. The molecule has 1 aliphatic rings. The van der Waals surface area contributed by atoms with Crippen molar-refractivity contribution in [1.29, 1.82) is 0 Å². The van der Waals surface area contributed by atoms with Crippen molar-refractivity contribution in [3.8, 4) is 0 Å². The van der Waals surface area contributed by atoms with Crippen molar-refractivity contribution in [3.05, 3.63) is 54.7 Å². The zero-order valence-electron chi connectivity index (χ0n) is 14.6. The third-order valence-electron chi connectivity index (χ3n) is 4.67. The van der Waals surface area contributed by atoms with Crippen LogP contribution < -0.4 is 5.56 Å². The molecule has 0 bridgehead atoms. The number of rotatable bonds is 4. The van der Waals surface area contributed by atoms with Crippen LogP contribution in [0.1, 0.15) is 34.1 Å². The second-order valence-corrected chi connectivity index (χ2v) is 8.49. The zero-order chi connectivity index (χ0) is 19.3. The van der Waals surface area contributed by atoms with Crippen LogP contribution in [0.3, 0.4) is 0 Å². The third-order valence-corrected chi connectivity index (χ3v) is 6.97. The van der Waals surface area contributed by atoms with Crippen LogP contribution in [0, 0.1) is 10.1 Å². The van der Waals surface area contributed by atoms with Gasteiger partial charge in [0.05, 0.1) is 15.2 Å². The van der Waals surface area contributed by atoms with Crippen LogP contribution >= 0.6 is 23.1 Å². The van der Waals surface area contributed by atoms with Gasteiger partial charge in [0.25, 0.3) is 11.2 Å². The number of carbonyl (C=O) groups is 1. The monoisotopic (exact) mass is 401 g/mol. The number of nitrogens with zero attached hydrogens (tertiary/aromatic N) is 3. The normalized spacial score (nSPS) is 13.1. The van der Waals surface area contributed by atoms with Crippen molar-refractivity contribution in [2.75, 3.05) is 0 Å². The van der Waals surface area contributed by atoms with Gasteiger partial charge in [0.2, 0.25) is 0 Å². The van der Waals surface area contributed by atoms with Crippen molar-refractivity contribution in [2.24, 2.45) is 7.05 Å². The molecule has 0 saturated carbocycles. The summed E-state index contributed by atoms with van der Waals surface area (Å²) in [5.74, 6) is -0.241. The Hall–Kier alpha value is -2.52. The summed E-state index contributed by atoms with van der Waals surface area (Å²) in [5, 5.41) is 12.5. The number of Topliss-reactive ketones (excluding diaryl/α,β-unsaturated/α-hetero) is 1. The fourth-order valence-electron chi connectivity index (χ4n) is 3.26. The Morgan fingerprint density at radius 3 is 2.85 bits per heavy atom. The number of nitro benzene ring substituents is 1. The van der Waals surface area contributed by atoms with Crippen LogP contribution in [-0.4, -0.2) is 20.3 Å². The lowest BCUT2D eigenvalue weighted by atomic mass is 10.1. The average Bonchev–Trinajstić information content (AvgIpc) is 3.19. The van der Waals surface area contributed by atoms with E-state index in [0.717, 1.165) is 36.6 Å². The van der Waals surface area contributed by atoms with Gasteiger partial charge in [0, 0.05) is 23.6 Å². The van der Waals surface area contributed by atoms with Crippen molar-refractivity contribution < 1.29 is 9.72 Å². The second-order valence-electron chi connectivity index (χ2n) is 6.39. The Kier molecular flexibility index (Phi) is 4.35. The Morgan fingerprint density at radius 1 is 1.37 bits per heavy atom. The van der Waals surface area contributed by atoms with E-state index in [1.54, 1.807) is 13.1 Å². The molecule has 0 radical (unpaired) electrons. The van der Waals surface area contributed by atoms with Crippen LogP contribution in [0.15, 0.2) is 33.0 Å². The molecule has 3 aromatic rings. The molecule has 0 fully saturated rings. The first-order valence-electron chi connectivity index (χ1n) is 8.35. The minimum atomic E-state index is -0.523. The summed E-state index contributed by atoms with van der Waals surface area (Å²) in [6.45, 7) is 1.36. The standard InChI is InChI=1S/C18H15N3O4S2/c1-9(22)10-6-7-14(12(8-10)21(24)25)27-18-19-16-15(17(23)20(18)2)11-4-3-5-13(11)26-16/h6-8H,3-5H2,1-2H3. The predicted molar refractivity (Wildman–Crippen MR) is 104 cm³/mol. The summed E-state index contributed by atoms with van der Waals surface area (Å²) in [5.41, 5.74) is 1.09. The molecule has 7 nitrogen and oxygen atoms in total. The van der Waals surface area contributed by atoms with E-state index in [1.807, 2.05) is 0 Å². The van der Waals surface area contributed by atoms with Gasteiger partial charge < -0.3 is 0 Å². The minimum Gasteiger partial charge on any atom is -0.295 e. The zero-order valence-corrected chi connectivity index (χ0v) is 16.3. The van der Waals surface area contributed by atoms with Gasteiger partial charge >= 0.3 is 0 Å². The molecule has 4 rings (SSSR count). The summed E-state index contributed by atoms with van der Waals surface area (Å²) < 4.78 is 1.45. The molecular weight excluding hydrogens is 386 g/mol. The number of benzene rings is 1. The molecule has 1 aliphatic carbocycles. The summed E-state index contributed by atoms with van der Waals surface area (Å²) in [6, 6.07) is 4.35. The second kappa shape index (κ2) is 6.58. The maximum atomic E-state index is 12.9. The van der Waals surface area contributed by atoms with Gasteiger partial charge in [0.15, 0.2) is 10.9 Å². The van der Waals surface area contributed by atoms with Crippen molar-refractivity contribution in [2.45, 2.75) is 36.2 Å². The molecule has 0 atom stereocenters. The predicted octanol–water partition coefficient (Wildman–Crippen LogP) is 3.75. The van der Waals surface area contributed by atoms with Crippen LogP contribution in [0.5, 0.6) is 0 Å². The maximum Gasteiger partial charge on any atom is 0.284 e. The number of aromatic nitrogens is 2. The van der Waals surface area contributed by atoms with E-state index in [9.17, 15) is 19.7 Å². The fourth-order valence-corrected chi connectivity index (χ4v) is 5.50. The first-order valence-corrected chi connectivity index (χ1v) is 9.98. The number of carbonyl (C=O) groups excluding carboxylic acids is 1. The molecule has 0 aliphatic heterocycles. The molecule has 0 N–H and O–H groups in total. The molecule has 2 heterocycles. The Labute approximate surface area is 162 Å². The molecule has 0 saturated heterocycles. The summed E-state index contributed by atoms with van der Waals surface area (Å²) in [4.78, 5) is 42.1. The van der Waals surface area contributed by atoms with Crippen LogP contribution in [0.2, 0.25) is 0 Å². The van der Waals surface area contributed by atoms with Crippen molar-refractivity contribution >= 4 is 44.8 Å². The SMILES string of the molecule is CC(=O)c1ccc(Sc2nc3sc4c(c3c(=O)n2C)CCC4)c([N+](=O)[O-])c1. The van der Waals surface area contributed by atoms with Crippen molar-refractivity contribution in [1.82, 2.24) is 9.55 Å². The molecular formula is C18H15N3O4S2. The number of hydrogen-bond donors (Lipinski definition) is 0. The van der Waals surface area contributed by atoms with Gasteiger partial charge in [0.1, 0.15) is 4.83 Å². The highest BCUT2D eigenvalue weighted by atomic mass is 32.2. The van der Waals surface area contributed by atoms with Gasteiger partial charge in [-0.15, -0.1) is 11.3 Å². The van der Waals surface area contributed by atoms with Gasteiger partial charge in [-0.1, -0.05) is 0 Å². The first-order chi connectivity index (χ1) is 12.9. The van der Waals surface area contributed by atoms with Gasteiger partial charge in [-0.3, -0.25) is 24.3 Å². The Balaban J connectivity index is 1.83. The van der Waals surface area contributed by atoms with Crippen molar-refractivity contribution in [3.63, 3.8) is 0 Å². The number of ketones is 1. The summed E-state index contributed by atoms with van der Waals surface area (Å²) >= 11 is 2.60. The minimum absolute atomic E-state index is 0.120. The highest BCUT2D eigenvalue weighted by molar-refractivity contribution is 7.99. The Bertz CT molecular complexity index is 1180. The van der Waals surface area contributed by atoms with E-state index in [4.69, 9.17) is 0 Å². The highest BCUT2D eigenvalue weighted by Crippen LogP contribution is 2.38. The number of fused-ring (bicyclic) bond motifs is 3. The van der Waals surface area contributed by atoms with E-state index >= 15 is 0 Å². The highest BCUT2D eigenvalue weighted by Gasteiger charge is 2.24. The molecule has 1 aromatic carbocycles. The van der Waals surface area contributed by atoms with E-state index in [2.05, 4.69) is 4.98 Å². The molecule has 0 spiro atoms. The quantitative estimate of drug-likeness (QED) is 0.286. The molecule has 2 aromatic heterocycles. The number of nitro groups is 1. The maximum absolute atomic E-state index is 12.9. The van der Waals surface area contributed by atoms with Gasteiger partial charge in [-0.2, -0.15) is 0 Å². The van der Waals surface area contributed by atoms with Crippen LogP contribution in [0.4, 0.5) is 5.69 Å². The molecule has 9 heteroatoms. The Morgan fingerprint density at radius 2 is 2.15 bits per heavy atom. The largest absolute Gasteiger partial charge is 0.295 e. The molecule has 27 heavy (non-hydrogen) atoms. The van der Waals surface area contributed by atoms with E-state index in [-0.39, 0.29) is 22.6 Å². The summed E-state index contributed by atoms with van der Waals surface area (Å²) in [7, 11) is 1.63. The van der Waals surface area contributed by atoms with E-state index in [1.165, 1.54) is 39.8 Å². The third kappa shape index (κ3) is 2.96. The van der Waals surface area contributed by atoms with Crippen LogP contribution in [0.25, 0.3) is 10.2 Å². The summed E-state index contributed by atoms with van der Waals surface area (Å²) in [6.07, 6.45) is 2.93. The topological polar surface area (TPSA) is 95.1 Å². The smallest absolute Gasteiger partial charge is 0.284 e. The number of thiophene rings is 1. The van der Waals surface area contributed by atoms with E-state index in [0.29, 0.717) is 20.3 Å². The molecule has 0 unspecified atom stereocenters. The molecule has 0 amide bonds. The first kappa shape index (κ1) is 17.9.